The van der Waals surface area contributed by atoms with Crippen LogP contribution in [0, 0.1) is 0 Å². The number of methoxy groups -OCH3 is 1. The molecule has 0 saturated carbocycles. The van der Waals surface area contributed by atoms with Crippen molar-refractivity contribution in [2.45, 2.75) is 39.2 Å². The lowest BCUT2D eigenvalue weighted by atomic mass is 10.2. The number of hydrogen-bond acceptors (Lipinski definition) is 4. The number of ether oxygens (including phenoxy) is 3. The van der Waals surface area contributed by atoms with Gasteiger partial charge < -0.3 is 19.5 Å². The van der Waals surface area contributed by atoms with Gasteiger partial charge in [-0.3, -0.25) is 0 Å². The molecule has 0 aromatic carbocycles. The predicted octanol–water partition coefficient (Wildman–Crippen LogP) is 1.83. The van der Waals surface area contributed by atoms with E-state index in [4.69, 9.17) is 14.2 Å². The van der Waals surface area contributed by atoms with E-state index < -0.39 is 0 Å². The van der Waals surface area contributed by atoms with E-state index >= 15 is 0 Å². The second-order valence-electron chi connectivity index (χ2n) is 4.12. The first-order chi connectivity index (χ1) is 8.35. The lowest BCUT2D eigenvalue weighted by molar-refractivity contribution is 0.0188. The third kappa shape index (κ3) is 12.1. The Hall–Kier alpha value is -0.160. The second-order valence-corrected chi connectivity index (χ2v) is 4.12. The van der Waals surface area contributed by atoms with E-state index in [0.717, 1.165) is 13.2 Å². The SMILES string of the molecule is CCCNC(CCC)COCCOCCOC. The smallest absolute Gasteiger partial charge is 0.0701 e. The largest absolute Gasteiger partial charge is 0.382 e. The third-order valence-electron chi connectivity index (χ3n) is 2.44. The van der Waals surface area contributed by atoms with Crippen LogP contribution in [0.25, 0.3) is 0 Å². The van der Waals surface area contributed by atoms with Crippen molar-refractivity contribution in [1.82, 2.24) is 5.32 Å². The maximum atomic E-state index is 5.60. The molecule has 1 unspecified atom stereocenters. The molecule has 0 amide bonds. The van der Waals surface area contributed by atoms with E-state index in [1.54, 1.807) is 7.11 Å². The number of rotatable bonds is 13. The molecule has 0 radical (unpaired) electrons. The van der Waals surface area contributed by atoms with Crippen molar-refractivity contribution in [2.24, 2.45) is 0 Å². The first kappa shape index (κ1) is 16.8. The molecule has 4 nitrogen and oxygen atoms in total. The summed E-state index contributed by atoms with van der Waals surface area (Å²) in [6.45, 7) is 8.84. The van der Waals surface area contributed by atoms with Crippen molar-refractivity contribution >= 4 is 0 Å². The normalized spacial score (nSPS) is 12.9. The highest BCUT2D eigenvalue weighted by Gasteiger charge is 2.05. The van der Waals surface area contributed by atoms with Crippen LogP contribution in [-0.4, -0.2) is 52.7 Å². The van der Waals surface area contributed by atoms with Crippen LogP contribution in [0.1, 0.15) is 33.1 Å². The Morgan fingerprint density at radius 2 is 1.65 bits per heavy atom. The highest BCUT2D eigenvalue weighted by Crippen LogP contribution is 1.97. The van der Waals surface area contributed by atoms with Crippen LogP contribution in [0.2, 0.25) is 0 Å². The van der Waals surface area contributed by atoms with Gasteiger partial charge in [-0.1, -0.05) is 20.3 Å². The van der Waals surface area contributed by atoms with Gasteiger partial charge in [0.25, 0.3) is 0 Å². The van der Waals surface area contributed by atoms with Gasteiger partial charge in [0.2, 0.25) is 0 Å². The van der Waals surface area contributed by atoms with Crippen LogP contribution >= 0.6 is 0 Å². The van der Waals surface area contributed by atoms with Gasteiger partial charge >= 0.3 is 0 Å². The standard InChI is InChI=1S/C13H29NO3/c1-4-6-13(14-7-5-2)12-17-11-10-16-9-8-15-3/h13-14H,4-12H2,1-3H3. The molecule has 0 rings (SSSR count). The van der Waals surface area contributed by atoms with E-state index in [1.165, 1.54) is 19.3 Å². The first-order valence-electron chi connectivity index (χ1n) is 6.72. The molecule has 104 valence electrons. The summed E-state index contributed by atoms with van der Waals surface area (Å²) in [7, 11) is 1.68. The van der Waals surface area contributed by atoms with Gasteiger partial charge in [-0.2, -0.15) is 0 Å². The van der Waals surface area contributed by atoms with Gasteiger partial charge in [-0.15, -0.1) is 0 Å². The van der Waals surface area contributed by atoms with Crippen molar-refractivity contribution in [3.8, 4) is 0 Å². The highest BCUT2D eigenvalue weighted by atomic mass is 16.5. The Labute approximate surface area is 106 Å². The summed E-state index contributed by atoms with van der Waals surface area (Å²) in [5, 5.41) is 3.50. The minimum atomic E-state index is 0.485. The lowest BCUT2D eigenvalue weighted by Crippen LogP contribution is -2.34. The molecule has 0 aliphatic heterocycles. The maximum absolute atomic E-state index is 5.60. The summed E-state index contributed by atoms with van der Waals surface area (Å²) < 4.78 is 15.8. The van der Waals surface area contributed by atoms with Crippen LogP contribution in [-0.2, 0) is 14.2 Å². The fraction of sp³-hybridized carbons (Fsp3) is 1.00. The fourth-order valence-corrected chi connectivity index (χ4v) is 1.53. The van der Waals surface area contributed by atoms with Gasteiger partial charge in [0, 0.05) is 13.2 Å². The van der Waals surface area contributed by atoms with Crippen LogP contribution in [0.3, 0.4) is 0 Å². The summed E-state index contributed by atoms with van der Waals surface area (Å²) in [5.41, 5.74) is 0. The molecule has 0 heterocycles. The molecule has 0 aromatic rings. The predicted molar refractivity (Wildman–Crippen MR) is 70.5 cm³/mol. The molecule has 1 N–H and O–H groups in total. The Morgan fingerprint density at radius 3 is 2.29 bits per heavy atom. The zero-order valence-corrected chi connectivity index (χ0v) is 11.7. The fourth-order valence-electron chi connectivity index (χ4n) is 1.53. The minimum Gasteiger partial charge on any atom is -0.382 e. The third-order valence-corrected chi connectivity index (χ3v) is 2.44. The summed E-state index contributed by atoms with van der Waals surface area (Å²) in [6.07, 6.45) is 3.53. The average molecular weight is 247 g/mol. The Bertz CT molecular complexity index is 145. The molecule has 0 aliphatic carbocycles. The number of nitrogens with one attached hydrogen (secondary N) is 1. The van der Waals surface area contributed by atoms with Crippen molar-refractivity contribution in [1.29, 1.82) is 0 Å². The monoisotopic (exact) mass is 247 g/mol. The Kier molecular flexibility index (Phi) is 13.8. The molecule has 0 aromatic heterocycles. The van der Waals surface area contributed by atoms with Gasteiger partial charge in [-0.05, 0) is 19.4 Å². The molecular formula is C13H29NO3. The molecule has 0 saturated heterocycles. The van der Waals surface area contributed by atoms with Gasteiger partial charge in [-0.25, -0.2) is 0 Å². The van der Waals surface area contributed by atoms with Crippen molar-refractivity contribution in [2.75, 3.05) is 46.7 Å². The van der Waals surface area contributed by atoms with Crippen molar-refractivity contribution < 1.29 is 14.2 Å². The molecule has 0 fully saturated rings. The highest BCUT2D eigenvalue weighted by molar-refractivity contribution is 4.64. The van der Waals surface area contributed by atoms with Crippen molar-refractivity contribution in [3.63, 3.8) is 0 Å². The van der Waals surface area contributed by atoms with E-state index in [0.29, 0.717) is 32.5 Å². The Morgan fingerprint density at radius 1 is 0.941 bits per heavy atom. The lowest BCUT2D eigenvalue weighted by Gasteiger charge is -2.17. The van der Waals surface area contributed by atoms with E-state index in [1.807, 2.05) is 0 Å². The van der Waals surface area contributed by atoms with E-state index in [-0.39, 0.29) is 0 Å². The zero-order valence-electron chi connectivity index (χ0n) is 11.7. The van der Waals surface area contributed by atoms with E-state index in [2.05, 4.69) is 19.2 Å². The molecule has 4 heteroatoms. The molecule has 0 aliphatic rings. The first-order valence-corrected chi connectivity index (χ1v) is 6.72. The zero-order chi connectivity index (χ0) is 12.8. The molecular weight excluding hydrogens is 218 g/mol. The topological polar surface area (TPSA) is 39.7 Å². The van der Waals surface area contributed by atoms with Crippen LogP contribution < -0.4 is 5.32 Å². The van der Waals surface area contributed by atoms with Gasteiger partial charge in [0.1, 0.15) is 0 Å². The van der Waals surface area contributed by atoms with Gasteiger partial charge in [0.15, 0.2) is 0 Å². The molecule has 17 heavy (non-hydrogen) atoms. The quantitative estimate of drug-likeness (QED) is 0.504. The second kappa shape index (κ2) is 13.9. The summed E-state index contributed by atoms with van der Waals surface area (Å²) in [4.78, 5) is 0. The summed E-state index contributed by atoms with van der Waals surface area (Å²) >= 11 is 0. The molecule has 1 atom stereocenters. The van der Waals surface area contributed by atoms with Crippen molar-refractivity contribution in [3.05, 3.63) is 0 Å². The summed E-state index contributed by atoms with van der Waals surface area (Å²) in [5.74, 6) is 0. The van der Waals surface area contributed by atoms with Crippen LogP contribution in [0.5, 0.6) is 0 Å². The minimum absolute atomic E-state index is 0.485. The number of hydrogen-bond donors (Lipinski definition) is 1. The van der Waals surface area contributed by atoms with Crippen LogP contribution in [0.15, 0.2) is 0 Å². The van der Waals surface area contributed by atoms with Gasteiger partial charge in [0.05, 0.1) is 33.0 Å². The average Bonchev–Trinajstić information content (AvgIpc) is 2.34. The maximum Gasteiger partial charge on any atom is 0.0701 e. The molecule has 0 spiro atoms. The van der Waals surface area contributed by atoms with Crippen LogP contribution in [0.4, 0.5) is 0 Å². The molecule has 0 bridgehead atoms. The van der Waals surface area contributed by atoms with E-state index in [9.17, 15) is 0 Å². The Balaban J connectivity index is 3.34. The summed E-state index contributed by atoms with van der Waals surface area (Å²) in [6, 6.07) is 0.485.